The van der Waals surface area contributed by atoms with E-state index in [4.69, 9.17) is 4.74 Å². The molecular weight excluding hydrogens is 278 g/mol. The second-order valence-electron chi connectivity index (χ2n) is 7.24. The zero-order valence-electron chi connectivity index (χ0n) is 13.5. The fourth-order valence-corrected chi connectivity index (χ4v) is 4.57. The van der Waals surface area contributed by atoms with Crippen LogP contribution in [0.25, 0.3) is 0 Å². The third-order valence-electron chi connectivity index (χ3n) is 6.07. The first kappa shape index (κ1) is 16.0. The van der Waals surface area contributed by atoms with E-state index in [2.05, 4.69) is 11.4 Å². The number of rotatable bonds is 6. The molecule has 1 heterocycles. The summed E-state index contributed by atoms with van der Waals surface area (Å²) in [7, 11) is 0. The second kappa shape index (κ2) is 6.71. The largest absolute Gasteiger partial charge is 0.396 e. The molecule has 1 spiro atoms. The van der Waals surface area contributed by atoms with Gasteiger partial charge in [-0.15, -0.1) is 0 Å². The van der Waals surface area contributed by atoms with Crippen LogP contribution in [-0.4, -0.2) is 37.4 Å². The van der Waals surface area contributed by atoms with Crippen molar-refractivity contribution in [2.45, 2.75) is 57.8 Å². The summed E-state index contributed by atoms with van der Waals surface area (Å²) in [6.45, 7) is 2.35. The Hall–Kier alpha value is -0.870. The molecule has 22 heavy (non-hydrogen) atoms. The number of hydrogen-bond donors (Lipinski definition) is 2. The Balaban J connectivity index is 1.54. The Bertz CT molecular complexity index is 440. The number of amides is 1. The van der Waals surface area contributed by atoms with Gasteiger partial charge in [-0.25, -0.2) is 0 Å². The van der Waals surface area contributed by atoms with Crippen LogP contribution in [0, 0.1) is 10.8 Å². The van der Waals surface area contributed by atoms with Gasteiger partial charge in [0.25, 0.3) is 0 Å². The molecule has 124 valence electrons. The SMILES string of the molecule is O=C(NCCC1=CCCCC1)C1(CCO)CC12CCOCC2. The van der Waals surface area contributed by atoms with E-state index in [9.17, 15) is 9.90 Å². The number of carbonyl (C=O) groups excluding carboxylic acids is 1. The maximum absolute atomic E-state index is 12.7. The first-order chi connectivity index (χ1) is 10.7. The summed E-state index contributed by atoms with van der Waals surface area (Å²) in [5, 5.41) is 12.6. The molecular formula is C18H29NO3. The van der Waals surface area contributed by atoms with Gasteiger partial charge in [0.05, 0.1) is 5.41 Å². The lowest BCUT2D eigenvalue weighted by atomic mass is 9.83. The van der Waals surface area contributed by atoms with Crippen molar-refractivity contribution in [3.05, 3.63) is 11.6 Å². The second-order valence-corrected chi connectivity index (χ2v) is 7.24. The topological polar surface area (TPSA) is 58.6 Å². The lowest BCUT2D eigenvalue weighted by Crippen LogP contribution is -2.38. The summed E-state index contributed by atoms with van der Waals surface area (Å²) in [6.07, 6.45) is 11.8. The molecule has 2 aliphatic carbocycles. The van der Waals surface area contributed by atoms with E-state index in [0.717, 1.165) is 45.4 Å². The summed E-state index contributed by atoms with van der Waals surface area (Å²) in [5.41, 5.74) is 1.27. The third-order valence-corrected chi connectivity index (χ3v) is 6.07. The number of allylic oxidation sites excluding steroid dienone is 1. The van der Waals surface area contributed by atoms with Crippen LogP contribution < -0.4 is 5.32 Å². The van der Waals surface area contributed by atoms with E-state index in [-0.39, 0.29) is 23.3 Å². The molecule has 0 radical (unpaired) electrons. The van der Waals surface area contributed by atoms with Crippen LogP contribution in [-0.2, 0) is 9.53 Å². The number of nitrogens with one attached hydrogen (secondary N) is 1. The molecule has 1 saturated carbocycles. The minimum absolute atomic E-state index is 0.0984. The van der Waals surface area contributed by atoms with Gasteiger partial charge in [0.1, 0.15) is 0 Å². The molecule has 1 saturated heterocycles. The van der Waals surface area contributed by atoms with Crippen molar-refractivity contribution in [3.8, 4) is 0 Å². The number of ether oxygens (including phenoxy) is 1. The summed E-state index contributed by atoms with van der Waals surface area (Å²) in [6, 6.07) is 0. The first-order valence-electron chi connectivity index (χ1n) is 8.87. The van der Waals surface area contributed by atoms with Gasteiger partial charge in [0.2, 0.25) is 5.91 Å². The summed E-state index contributed by atoms with van der Waals surface area (Å²) in [5.74, 6) is 0.167. The minimum atomic E-state index is -0.327. The Kier molecular flexibility index (Phi) is 4.88. The third kappa shape index (κ3) is 2.95. The van der Waals surface area contributed by atoms with E-state index in [1.807, 2.05) is 0 Å². The van der Waals surface area contributed by atoms with Crippen LogP contribution >= 0.6 is 0 Å². The average Bonchev–Trinajstić information content (AvgIpc) is 3.16. The molecule has 0 aromatic carbocycles. The number of carbonyl (C=O) groups is 1. The number of hydrogen-bond acceptors (Lipinski definition) is 3. The van der Waals surface area contributed by atoms with Gasteiger partial charge in [-0.3, -0.25) is 4.79 Å². The van der Waals surface area contributed by atoms with Crippen LogP contribution in [0.5, 0.6) is 0 Å². The van der Waals surface area contributed by atoms with Crippen LogP contribution in [0.4, 0.5) is 0 Å². The monoisotopic (exact) mass is 307 g/mol. The average molecular weight is 307 g/mol. The van der Waals surface area contributed by atoms with Gasteiger partial charge < -0.3 is 15.2 Å². The van der Waals surface area contributed by atoms with E-state index in [1.54, 1.807) is 0 Å². The molecule has 4 nitrogen and oxygen atoms in total. The summed E-state index contributed by atoms with van der Waals surface area (Å²) >= 11 is 0. The molecule has 1 aliphatic heterocycles. The predicted molar refractivity (Wildman–Crippen MR) is 85.4 cm³/mol. The molecule has 0 bridgehead atoms. The molecule has 2 fully saturated rings. The standard InChI is InChI=1S/C18H29NO3/c20-11-7-18(14-17(18)8-12-22-13-9-17)16(21)19-10-6-15-4-2-1-3-5-15/h4,20H,1-3,5-14H2,(H,19,21). The van der Waals surface area contributed by atoms with Crippen molar-refractivity contribution in [3.63, 3.8) is 0 Å². The van der Waals surface area contributed by atoms with E-state index in [0.29, 0.717) is 6.42 Å². The van der Waals surface area contributed by atoms with Crippen molar-refractivity contribution in [1.82, 2.24) is 5.32 Å². The maximum atomic E-state index is 12.7. The van der Waals surface area contributed by atoms with Crippen LogP contribution in [0.1, 0.15) is 57.8 Å². The molecule has 1 atom stereocenters. The van der Waals surface area contributed by atoms with E-state index < -0.39 is 0 Å². The number of aliphatic hydroxyl groups is 1. The molecule has 0 aromatic rings. The fourth-order valence-electron chi connectivity index (χ4n) is 4.57. The summed E-state index contributed by atoms with van der Waals surface area (Å²) in [4.78, 5) is 12.7. The molecule has 4 heteroatoms. The van der Waals surface area contributed by atoms with Gasteiger partial charge in [-0.1, -0.05) is 11.6 Å². The Labute approximate surface area is 133 Å². The Morgan fingerprint density at radius 3 is 2.82 bits per heavy atom. The molecule has 3 aliphatic rings. The van der Waals surface area contributed by atoms with E-state index in [1.165, 1.54) is 31.3 Å². The highest BCUT2D eigenvalue weighted by molar-refractivity contribution is 5.87. The van der Waals surface area contributed by atoms with Crippen LogP contribution in [0.2, 0.25) is 0 Å². The van der Waals surface area contributed by atoms with Crippen molar-refractivity contribution >= 4 is 5.91 Å². The molecule has 1 amide bonds. The van der Waals surface area contributed by atoms with Gasteiger partial charge in [-0.05, 0) is 63.2 Å². The van der Waals surface area contributed by atoms with Crippen molar-refractivity contribution in [1.29, 1.82) is 0 Å². The highest BCUT2D eigenvalue weighted by Gasteiger charge is 2.70. The molecule has 0 aromatic heterocycles. The molecule has 1 unspecified atom stereocenters. The van der Waals surface area contributed by atoms with Gasteiger partial charge in [0.15, 0.2) is 0 Å². The molecule has 2 N–H and O–H groups in total. The Morgan fingerprint density at radius 1 is 1.32 bits per heavy atom. The van der Waals surface area contributed by atoms with Crippen LogP contribution in [0.3, 0.4) is 0 Å². The summed E-state index contributed by atoms with van der Waals surface area (Å²) < 4.78 is 5.46. The number of aliphatic hydroxyl groups excluding tert-OH is 1. The zero-order valence-corrected chi connectivity index (χ0v) is 13.5. The fraction of sp³-hybridized carbons (Fsp3) is 0.833. The van der Waals surface area contributed by atoms with Crippen LogP contribution in [0.15, 0.2) is 11.6 Å². The molecule has 3 rings (SSSR count). The van der Waals surface area contributed by atoms with E-state index >= 15 is 0 Å². The van der Waals surface area contributed by atoms with Gasteiger partial charge in [-0.2, -0.15) is 0 Å². The van der Waals surface area contributed by atoms with Gasteiger partial charge in [0, 0.05) is 26.4 Å². The lowest BCUT2D eigenvalue weighted by Gasteiger charge is -2.28. The van der Waals surface area contributed by atoms with Crippen molar-refractivity contribution in [2.24, 2.45) is 10.8 Å². The maximum Gasteiger partial charge on any atom is 0.226 e. The minimum Gasteiger partial charge on any atom is -0.396 e. The highest BCUT2D eigenvalue weighted by Crippen LogP contribution is 2.70. The Morgan fingerprint density at radius 2 is 2.14 bits per heavy atom. The predicted octanol–water partition coefficient (Wildman–Crippen LogP) is 2.56. The highest BCUT2D eigenvalue weighted by atomic mass is 16.5. The van der Waals surface area contributed by atoms with Crippen molar-refractivity contribution in [2.75, 3.05) is 26.4 Å². The zero-order chi connectivity index (χ0) is 15.5. The quantitative estimate of drug-likeness (QED) is 0.742. The van der Waals surface area contributed by atoms with Crippen molar-refractivity contribution < 1.29 is 14.6 Å². The van der Waals surface area contributed by atoms with Gasteiger partial charge >= 0.3 is 0 Å². The lowest BCUT2D eigenvalue weighted by molar-refractivity contribution is -0.129. The normalized spacial score (nSPS) is 30.0. The smallest absolute Gasteiger partial charge is 0.226 e. The first-order valence-corrected chi connectivity index (χ1v) is 8.87.